The summed E-state index contributed by atoms with van der Waals surface area (Å²) in [6, 6.07) is -0.802. The first-order valence-electron chi connectivity index (χ1n) is 10.0. The second-order valence-corrected chi connectivity index (χ2v) is 8.89. The summed E-state index contributed by atoms with van der Waals surface area (Å²) in [5.74, 6) is -1.42. The summed E-state index contributed by atoms with van der Waals surface area (Å²) in [4.78, 5) is 53.5. The van der Waals surface area contributed by atoms with Crippen LogP contribution in [0.2, 0.25) is 0 Å². The molecule has 11 heteroatoms. The molecular formula is C20H24N4O6S. The van der Waals surface area contributed by atoms with Gasteiger partial charge in [-0.05, 0) is 24.5 Å². The van der Waals surface area contributed by atoms with Crippen molar-refractivity contribution in [1.29, 1.82) is 0 Å². The quantitative estimate of drug-likeness (QED) is 0.344. The number of nitrogens with zero attached hydrogens (tertiary/aromatic N) is 3. The first kappa shape index (κ1) is 21.4. The van der Waals surface area contributed by atoms with Crippen molar-refractivity contribution < 1.29 is 29.0 Å². The zero-order valence-electron chi connectivity index (χ0n) is 16.9. The van der Waals surface area contributed by atoms with E-state index in [-0.39, 0.29) is 29.6 Å². The predicted molar refractivity (Wildman–Crippen MR) is 112 cm³/mol. The molecule has 166 valence electrons. The van der Waals surface area contributed by atoms with E-state index in [9.17, 15) is 24.3 Å². The van der Waals surface area contributed by atoms with Gasteiger partial charge in [-0.25, -0.2) is 9.59 Å². The van der Waals surface area contributed by atoms with E-state index in [0.717, 1.165) is 0 Å². The Hall–Kier alpha value is -2.79. The van der Waals surface area contributed by atoms with Gasteiger partial charge in [0.15, 0.2) is 0 Å². The Balaban J connectivity index is 1.48. The number of fused-ring (bicyclic) bond motifs is 1. The summed E-state index contributed by atoms with van der Waals surface area (Å²) < 4.78 is 5.06. The molecule has 31 heavy (non-hydrogen) atoms. The molecule has 10 nitrogen and oxygen atoms in total. The zero-order valence-corrected chi connectivity index (χ0v) is 17.7. The van der Waals surface area contributed by atoms with Crippen molar-refractivity contribution in [2.75, 3.05) is 32.0 Å². The molecule has 4 aliphatic rings. The maximum atomic E-state index is 13.0. The molecule has 4 rings (SSSR count). The molecule has 4 aliphatic heterocycles. The number of aliphatic carboxylic acids is 1. The molecule has 0 aromatic carbocycles. The zero-order chi connectivity index (χ0) is 22.3. The third-order valence-electron chi connectivity index (χ3n) is 5.93. The van der Waals surface area contributed by atoms with Crippen LogP contribution in [0.4, 0.5) is 4.79 Å². The van der Waals surface area contributed by atoms with Gasteiger partial charge in [-0.3, -0.25) is 14.5 Å². The first-order chi connectivity index (χ1) is 14.8. The molecule has 0 aromatic rings. The first-order valence-corrected chi connectivity index (χ1v) is 11.1. The van der Waals surface area contributed by atoms with Gasteiger partial charge in [0.05, 0.1) is 6.04 Å². The van der Waals surface area contributed by atoms with E-state index >= 15 is 0 Å². The Labute approximate surface area is 183 Å². The third-order valence-corrected chi connectivity index (χ3v) is 7.26. The number of rotatable bonds is 5. The van der Waals surface area contributed by atoms with Crippen LogP contribution >= 0.6 is 11.8 Å². The summed E-state index contributed by atoms with van der Waals surface area (Å²) in [5, 5.41) is 9.29. The van der Waals surface area contributed by atoms with E-state index in [0.29, 0.717) is 49.4 Å². The van der Waals surface area contributed by atoms with Crippen molar-refractivity contribution in [3.63, 3.8) is 0 Å². The van der Waals surface area contributed by atoms with E-state index in [1.54, 1.807) is 15.9 Å². The molecule has 0 radical (unpaired) electrons. The highest BCUT2D eigenvalue weighted by Gasteiger charge is 2.51. The molecule has 0 aromatic heterocycles. The average molecular weight is 449 g/mol. The number of likely N-dealkylation sites (tertiary alicyclic amines) is 2. The van der Waals surface area contributed by atoms with Crippen molar-refractivity contribution in [2.24, 2.45) is 5.73 Å². The van der Waals surface area contributed by atoms with E-state index < -0.39 is 24.0 Å². The van der Waals surface area contributed by atoms with Crippen LogP contribution in [-0.2, 0) is 19.1 Å². The number of thioether (sulfide) groups is 1. The van der Waals surface area contributed by atoms with Gasteiger partial charge in [0, 0.05) is 31.0 Å². The predicted octanol–water partition coefficient (Wildman–Crippen LogP) is 0.123. The topological polar surface area (TPSA) is 133 Å². The monoisotopic (exact) mass is 448 g/mol. The smallest absolute Gasteiger partial charge is 0.410 e. The average Bonchev–Trinajstić information content (AvgIpc) is 3.38. The SMILES string of the molecule is C=CCOC(=O)N1CC[C@H](N2CC/C(=C\C3=C(C(=O)O)N4C(=O)[C@@H](N)[C@H]4SC3)C2=O)C1. The van der Waals surface area contributed by atoms with Crippen molar-refractivity contribution in [3.8, 4) is 0 Å². The van der Waals surface area contributed by atoms with E-state index in [1.165, 1.54) is 22.7 Å². The summed E-state index contributed by atoms with van der Waals surface area (Å²) >= 11 is 1.40. The van der Waals surface area contributed by atoms with Crippen LogP contribution in [0.3, 0.4) is 0 Å². The highest BCUT2D eigenvalue weighted by Crippen LogP contribution is 2.40. The van der Waals surface area contributed by atoms with E-state index in [2.05, 4.69) is 6.58 Å². The Morgan fingerprint density at radius 2 is 2.10 bits per heavy atom. The minimum absolute atomic E-state index is 0.0915. The Morgan fingerprint density at radius 1 is 1.32 bits per heavy atom. The normalized spacial score (nSPS) is 29.4. The largest absolute Gasteiger partial charge is 0.477 e. The fraction of sp³-hybridized carbons (Fsp3) is 0.500. The number of ether oxygens (including phenoxy) is 1. The highest BCUT2D eigenvalue weighted by molar-refractivity contribution is 8.00. The number of carbonyl (C=O) groups excluding carboxylic acids is 3. The second kappa shape index (κ2) is 8.39. The van der Waals surface area contributed by atoms with Crippen LogP contribution in [0.25, 0.3) is 0 Å². The molecule has 0 spiro atoms. The van der Waals surface area contributed by atoms with Gasteiger partial charge in [-0.15, -0.1) is 11.8 Å². The van der Waals surface area contributed by atoms with Gasteiger partial charge < -0.3 is 25.4 Å². The molecule has 4 heterocycles. The maximum Gasteiger partial charge on any atom is 0.410 e. The van der Waals surface area contributed by atoms with Gasteiger partial charge in [0.1, 0.15) is 23.7 Å². The summed E-state index contributed by atoms with van der Waals surface area (Å²) in [6.45, 7) is 5.06. The van der Waals surface area contributed by atoms with Gasteiger partial charge in [-0.2, -0.15) is 0 Å². The number of β-lactam (4-membered cyclic amide) rings is 1. The number of nitrogens with two attached hydrogens (primary N) is 1. The molecule has 3 amide bonds. The van der Waals surface area contributed by atoms with E-state index in [1.807, 2.05) is 0 Å². The lowest BCUT2D eigenvalue weighted by Gasteiger charge is -2.47. The fourth-order valence-electron chi connectivity index (χ4n) is 4.36. The number of carbonyl (C=O) groups is 4. The summed E-state index contributed by atoms with van der Waals surface area (Å²) in [5.41, 5.74) is 6.64. The van der Waals surface area contributed by atoms with Crippen LogP contribution < -0.4 is 5.73 Å². The maximum absolute atomic E-state index is 13.0. The molecule has 3 atom stereocenters. The van der Waals surface area contributed by atoms with Crippen LogP contribution in [0.15, 0.2) is 35.6 Å². The number of hydrogen-bond acceptors (Lipinski definition) is 7. The lowest BCUT2D eigenvalue weighted by molar-refractivity contribution is -0.147. The number of carboxylic acid groups (broad SMARTS) is 1. The molecule has 0 saturated carbocycles. The highest BCUT2D eigenvalue weighted by atomic mass is 32.2. The van der Waals surface area contributed by atoms with Gasteiger partial charge >= 0.3 is 12.1 Å². The lowest BCUT2D eigenvalue weighted by Crippen LogP contribution is -2.68. The number of allylic oxidation sites excluding steroid dienone is 1. The fourth-order valence-corrected chi connectivity index (χ4v) is 5.61. The van der Waals surface area contributed by atoms with Gasteiger partial charge in [0.25, 0.3) is 0 Å². The molecule has 3 saturated heterocycles. The number of carboxylic acids is 1. The van der Waals surface area contributed by atoms with Crippen molar-refractivity contribution in [3.05, 3.63) is 35.6 Å². The number of amides is 3. The minimum Gasteiger partial charge on any atom is -0.477 e. The van der Waals surface area contributed by atoms with Gasteiger partial charge in [0.2, 0.25) is 11.8 Å². The molecule has 0 unspecified atom stereocenters. The van der Waals surface area contributed by atoms with Crippen molar-refractivity contribution in [1.82, 2.24) is 14.7 Å². The van der Waals surface area contributed by atoms with Crippen LogP contribution in [0.5, 0.6) is 0 Å². The van der Waals surface area contributed by atoms with Gasteiger partial charge in [-0.1, -0.05) is 12.7 Å². The Kier molecular flexibility index (Phi) is 5.80. The van der Waals surface area contributed by atoms with Crippen molar-refractivity contribution in [2.45, 2.75) is 30.3 Å². The molecule has 0 bridgehead atoms. The summed E-state index contributed by atoms with van der Waals surface area (Å²) in [6.07, 6.45) is 3.82. The van der Waals surface area contributed by atoms with Crippen molar-refractivity contribution >= 4 is 35.6 Å². The minimum atomic E-state index is -1.20. The lowest BCUT2D eigenvalue weighted by atomic mass is 10.0. The molecule has 0 aliphatic carbocycles. The third kappa shape index (κ3) is 3.72. The standard InChI is InChI=1S/C20H24N4O6S/c1-2-7-30-20(29)22-5-4-13(9-22)23-6-3-11(16(23)25)8-12-10-31-18-14(21)17(26)24(18)15(12)19(27)28/h2,8,13-14,18H,1,3-7,9-10,21H2,(H,27,28)/b11-8+/t13-,14+,18+/m0/s1. The molecule has 3 N–H and O–H groups in total. The Bertz CT molecular complexity index is 915. The summed E-state index contributed by atoms with van der Waals surface area (Å²) in [7, 11) is 0. The number of hydrogen-bond donors (Lipinski definition) is 2. The molecule has 3 fully saturated rings. The van der Waals surface area contributed by atoms with Crippen LogP contribution in [0, 0.1) is 0 Å². The van der Waals surface area contributed by atoms with Crippen LogP contribution in [0.1, 0.15) is 12.8 Å². The van der Waals surface area contributed by atoms with Crippen LogP contribution in [-0.4, -0.2) is 93.1 Å². The van der Waals surface area contributed by atoms with E-state index in [4.69, 9.17) is 10.5 Å². The Morgan fingerprint density at radius 3 is 2.81 bits per heavy atom. The molecular weight excluding hydrogens is 424 g/mol. The second-order valence-electron chi connectivity index (χ2n) is 7.79.